The molecule has 0 spiro atoms. The van der Waals surface area contributed by atoms with E-state index in [0.717, 1.165) is 0 Å². The van der Waals surface area contributed by atoms with Crippen LogP contribution < -0.4 is 0 Å². The Morgan fingerprint density at radius 1 is 0.818 bits per heavy atom. The third kappa shape index (κ3) is 10.6. The van der Waals surface area contributed by atoms with E-state index >= 15 is 0 Å². The minimum atomic E-state index is -2.77. The van der Waals surface area contributed by atoms with Gasteiger partial charge in [0.1, 0.15) is 18.5 Å². The smallest absolute Gasteiger partial charge is 0.359 e. The van der Waals surface area contributed by atoms with Gasteiger partial charge in [-0.25, -0.2) is 4.79 Å². The molecular formula is C11H19ClO8PS+. The van der Waals surface area contributed by atoms with Crippen molar-refractivity contribution in [1.82, 2.24) is 0 Å². The molecule has 8 nitrogen and oxygen atoms in total. The Kier molecular flexibility index (Phi) is 12.1. The second-order valence-corrected chi connectivity index (χ2v) is 8.24. The summed E-state index contributed by atoms with van der Waals surface area (Å²) in [6, 6.07) is 0. The van der Waals surface area contributed by atoms with Gasteiger partial charge in [0.15, 0.2) is 7.49 Å². The Morgan fingerprint density at radius 2 is 1.14 bits per heavy atom. The summed E-state index contributed by atoms with van der Waals surface area (Å²) in [7, 11) is -2.77. The van der Waals surface area contributed by atoms with E-state index < -0.39 is 31.4 Å². The zero-order valence-corrected chi connectivity index (χ0v) is 14.2. The fourth-order valence-corrected chi connectivity index (χ4v) is 5.02. The van der Waals surface area contributed by atoms with Gasteiger partial charge in [-0.2, -0.15) is 12.6 Å². The van der Waals surface area contributed by atoms with Crippen LogP contribution in [0, 0.1) is 0 Å². The van der Waals surface area contributed by atoms with Crippen LogP contribution in [0.2, 0.25) is 0 Å². The van der Waals surface area contributed by atoms with E-state index in [9.17, 15) is 19.2 Å². The lowest BCUT2D eigenvalue weighted by Gasteiger charge is -2.23. The molecule has 128 valence electrons. The van der Waals surface area contributed by atoms with Crippen molar-refractivity contribution >= 4 is 56.4 Å². The minimum Gasteiger partial charge on any atom is -0.481 e. The summed E-state index contributed by atoms with van der Waals surface area (Å²) in [5.74, 6) is -4.30. The Labute approximate surface area is 139 Å². The van der Waals surface area contributed by atoms with Gasteiger partial charge in [-0.1, -0.05) is 0 Å². The molecule has 0 bridgehead atoms. The minimum absolute atomic E-state index is 0. The number of carboxylic acids is 3. The second kappa shape index (κ2) is 11.5. The molecule has 0 saturated heterocycles. The lowest BCUT2D eigenvalue weighted by molar-refractivity contribution is -0.137. The van der Waals surface area contributed by atoms with Crippen LogP contribution in [0.4, 0.5) is 0 Å². The fourth-order valence-electron chi connectivity index (χ4n) is 1.62. The quantitative estimate of drug-likeness (QED) is 0.311. The molecule has 0 aliphatic rings. The highest BCUT2D eigenvalue weighted by Gasteiger charge is 2.43. The van der Waals surface area contributed by atoms with Crippen LogP contribution in [0.3, 0.4) is 0 Å². The Morgan fingerprint density at radius 3 is 1.36 bits per heavy atom. The number of hydrogen-bond acceptors (Lipinski definition) is 6. The number of hydrogen-bond donors (Lipinski definition) is 4. The molecule has 0 amide bonds. The van der Waals surface area contributed by atoms with Gasteiger partial charge in [-0.05, 0) is 0 Å². The average Bonchev–Trinajstić information content (AvgIpc) is 2.40. The van der Waals surface area contributed by atoms with Crippen LogP contribution in [-0.4, -0.2) is 63.4 Å². The maximum absolute atomic E-state index is 11.4. The van der Waals surface area contributed by atoms with Crippen molar-refractivity contribution in [2.24, 2.45) is 0 Å². The highest BCUT2D eigenvalue weighted by atomic mass is 35.5. The van der Waals surface area contributed by atoms with Gasteiger partial charge in [0, 0.05) is 0 Å². The molecule has 0 aliphatic carbocycles. The van der Waals surface area contributed by atoms with Gasteiger partial charge >= 0.3 is 23.9 Å². The zero-order valence-electron chi connectivity index (χ0n) is 11.6. The van der Waals surface area contributed by atoms with Gasteiger partial charge in [-0.3, -0.25) is 14.4 Å². The van der Waals surface area contributed by atoms with Crippen molar-refractivity contribution in [3.63, 3.8) is 0 Å². The summed E-state index contributed by atoms with van der Waals surface area (Å²) >= 11 is 3.75. The Hall–Kier alpha value is -1.05. The summed E-state index contributed by atoms with van der Waals surface area (Å²) in [5.41, 5.74) is 0. The summed E-state index contributed by atoms with van der Waals surface area (Å²) in [6.07, 6.45) is -1.06. The third-order valence-electron chi connectivity index (χ3n) is 2.62. The zero-order chi connectivity index (χ0) is 16.5. The summed E-state index contributed by atoms with van der Waals surface area (Å²) < 4.78 is 5.24. The van der Waals surface area contributed by atoms with Crippen LogP contribution in [-0.2, 0) is 23.7 Å². The normalized spacial score (nSPS) is 10.4. The number of carboxylic acid groups (broad SMARTS) is 3. The molecule has 0 aromatic heterocycles. The van der Waals surface area contributed by atoms with Crippen molar-refractivity contribution < 1.29 is 39.0 Å². The molecule has 0 heterocycles. The highest BCUT2D eigenvalue weighted by Crippen LogP contribution is 2.61. The summed E-state index contributed by atoms with van der Waals surface area (Å²) in [5, 5.41) is 26.3. The molecule has 0 radical (unpaired) electrons. The van der Waals surface area contributed by atoms with Crippen LogP contribution in [0.1, 0.15) is 19.3 Å². The molecule has 0 rings (SSSR count). The first-order valence-corrected chi connectivity index (χ1v) is 8.95. The number of aliphatic carboxylic acids is 3. The topological polar surface area (TPSA) is 138 Å². The largest absolute Gasteiger partial charge is 0.481 e. The van der Waals surface area contributed by atoms with Crippen LogP contribution in [0.15, 0.2) is 0 Å². The van der Waals surface area contributed by atoms with E-state index in [4.69, 9.17) is 19.8 Å². The van der Waals surface area contributed by atoms with Crippen LogP contribution in [0.5, 0.6) is 0 Å². The van der Waals surface area contributed by atoms with Gasteiger partial charge < -0.3 is 19.8 Å². The Bertz CT molecular complexity index is 371. The lowest BCUT2D eigenvalue weighted by atomic mass is 10.5. The van der Waals surface area contributed by atoms with Gasteiger partial charge in [0.2, 0.25) is 0 Å². The van der Waals surface area contributed by atoms with Crippen molar-refractivity contribution in [2.75, 3.05) is 24.2 Å². The first kappa shape index (κ1) is 23.2. The van der Waals surface area contributed by atoms with Crippen molar-refractivity contribution in [3.8, 4) is 0 Å². The number of carbonyl (C=O) groups is 4. The molecule has 0 aromatic rings. The van der Waals surface area contributed by atoms with E-state index in [1.54, 1.807) is 0 Å². The standard InChI is InChI=1S/C11H17O8PS.ClH/c12-8(13)1-4-20(5-2-9(14)15,6-3-10(16)17)19-11(18)7-21;/h1-7H2,(H3-,12,13,14,15,16,17,21);1H/p+1. The fraction of sp³-hybridized carbons (Fsp3) is 0.636. The second-order valence-electron chi connectivity index (χ2n) is 4.28. The van der Waals surface area contributed by atoms with Crippen LogP contribution in [0.25, 0.3) is 0 Å². The molecule has 0 fully saturated rings. The maximum Gasteiger partial charge on any atom is 0.359 e. The molecule has 0 unspecified atom stereocenters. The number of halogens is 1. The van der Waals surface area contributed by atoms with Crippen molar-refractivity contribution in [2.45, 2.75) is 19.3 Å². The van der Waals surface area contributed by atoms with E-state index in [1.807, 2.05) is 0 Å². The SMILES string of the molecule is Cl.O=C(O)CC[P+](CCC(=O)O)(CCC(=O)O)OC(=O)CS. The van der Waals surface area contributed by atoms with Crippen molar-refractivity contribution in [3.05, 3.63) is 0 Å². The predicted octanol–water partition coefficient (Wildman–Crippen LogP) is 1.24. The molecule has 22 heavy (non-hydrogen) atoms. The molecule has 0 atom stereocenters. The molecule has 0 aromatic carbocycles. The number of rotatable bonds is 11. The first-order chi connectivity index (χ1) is 9.70. The number of carbonyl (C=O) groups excluding carboxylic acids is 1. The maximum atomic E-state index is 11.4. The van der Waals surface area contributed by atoms with Gasteiger partial charge in [-0.15, -0.1) is 12.4 Å². The average molecular weight is 378 g/mol. The van der Waals surface area contributed by atoms with Gasteiger partial charge in [0.25, 0.3) is 0 Å². The molecule has 0 aliphatic heterocycles. The number of thiol groups is 1. The molecule has 11 heteroatoms. The van der Waals surface area contributed by atoms with Crippen molar-refractivity contribution in [1.29, 1.82) is 0 Å². The van der Waals surface area contributed by atoms with E-state index in [-0.39, 0.29) is 55.9 Å². The van der Waals surface area contributed by atoms with Gasteiger partial charge in [0.05, 0.1) is 25.0 Å². The molecule has 3 N–H and O–H groups in total. The van der Waals surface area contributed by atoms with E-state index in [1.165, 1.54) is 0 Å². The Balaban J connectivity index is 0. The summed E-state index contributed by atoms with van der Waals surface area (Å²) in [6.45, 7) is 0. The first-order valence-electron chi connectivity index (χ1n) is 6.05. The lowest BCUT2D eigenvalue weighted by Crippen LogP contribution is -2.21. The third-order valence-corrected chi connectivity index (χ3v) is 6.59. The predicted molar refractivity (Wildman–Crippen MR) is 85.5 cm³/mol. The molecule has 0 saturated carbocycles. The van der Waals surface area contributed by atoms with E-state index in [0.29, 0.717) is 0 Å². The van der Waals surface area contributed by atoms with E-state index in [2.05, 4.69) is 12.6 Å². The van der Waals surface area contributed by atoms with Crippen LogP contribution >= 0.6 is 32.5 Å². The molecular weight excluding hydrogens is 359 g/mol. The monoisotopic (exact) mass is 377 g/mol. The highest BCUT2D eigenvalue weighted by molar-refractivity contribution is 7.81. The summed E-state index contributed by atoms with van der Waals surface area (Å²) in [4.78, 5) is 43.6.